The van der Waals surface area contributed by atoms with Crippen molar-refractivity contribution >= 4 is 29.0 Å². The maximum atomic E-state index is 12.1. The van der Waals surface area contributed by atoms with Crippen molar-refractivity contribution in [2.24, 2.45) is 0 Å². The summed E-state index contributed by atoms with van der Waals surface area (Å²) in [7, 11) is 0. The molecule has 0 aliphatic carbocycles. The van der Waals surface area contributed by atoms with E-state index in [1.807, 2.05) is 30.3 Å². The van der Waals surface area contributed by atoms with Crippen LogP contribution in [0.25, 0.3) is 21.9 Å². The first-order chi connectivity index (χ1) is 13.1. The summed E-state index contributed by atoms with van der Waals surface area (Å²) < 4.78 is 5.80. The molecule has 3 aromatic rings. The molecule has 0 unspecified atom stereocenters. The summed E-state index contributed by atoms with van der Waals surface area (Å²) in [5, 5.41) is 9.18. The number of aromatic nitrogens is 1. The van der Waals surface area contributed by atoms with Crippen LogP contribution in [0.5, 0.6) is 0 Å². The molecule has 0 saturated carbocycles. The van der Waals surface area contributed by atoms with Crippen LogP contribution in [0.2, 0.25) is 0 Å². The Kier molecular flexibility index (Phi) is 7.72. The summed E-state index contributed by atoms with van der Waals surface area (Å²) in [5.74, 6) is -0.358. The molecule has 0 aliphatic rings. The molecule has 3 rings (SSSR count). The van der Waals surface area contributed by atoms with Gasteiger partial charge in [0.05, 0.1) is 12.7 Å². The molecule has 138 valence electrons. The first kappa shape index (κ1) is 20.3. The van der Waals surface area contributed by atoms with E-state index in [-0.39, 0.29) is 5.97 Å². The number of hydrogen-bond acceptors (Lipinski definition) is 4. The first-order valence-corrected chi connectivity index (χ1v) is 9.22. The normalized spacial score (nSPS) is 9.81. The van der Waals surface area contributed by atoms with Crippen molar-refractivity contribution in [2.45, 2.75) is 26.7 Å². The molecule has 0 fully saturated rings. The van der Waals surface area contributed by atoms with Crippen LogP contribution >= 0.6 is 12.2 Å². The number of hydrogen-bond donors (Lipinski definition) is 1. The van der Waals surface area contributed by atoms with E-state index >= 15 is 0 Å². The molecule has 4 nitrogen and oxygen atoms in total. The predicted octanol–water partition coefficient (Wildman–Crippen LogP) is 6.05. The molecular formula is C22H22N2O2S. The highest BCUT2D eigenvalue weighted by molar-refractivity contribution is 7.71. The Morgan fingerprint density at radius 2 is 1.85 bits per heavy atom. The van der Waals surface area contributed by atoms with Crippen molar-refractivity contribution in [1.82, 2.24) is 4.98 Å². The van der Waals surface area contributed by atoms with Crippen molar-refractivity contribution in [3.63, 3.8) is 0 Å². The maximum absolute atomic E-state index is 12.1. The standard InChI is InChI=1S/C20H19NO2S.C2H3N/c1-2-3-11-23-20(22)18-13-16-10-9-15(12-17(16)19(24)21-18)14-7-5-4-6-8-14;1-2-3/h4-10,12-13H,2-3,11H2,1H3,(H,21,24);1H3. The Morgan fingerprint density at radius 1 is 1.15 bits per heavy atom. The van der Waals surface area contributed by atoms with Crippen LogP contribution in [-0.2, 0) is 4.74 Å². The number of carbonyl (C=O) groups is 1. The second kappa shape index (κ2) is 10.2. The number of rotatable bonds is 5. The second-order valence-corrected chi connectivity index (χ2v) is 6.30. The van der Waals surface area contributed by atoms with E-state index in [9.17, 15) is 4.79 Å². The lowest BCUT2D eigenvalue weighted by atomic mass is 10.0. The summed E-state index contributed by atoms with van der Waals surface area (Å²) in [5.41, 5.74) is 2.63. The smallest absolute Gasteiger partial charge is 0.354 e. The van der Waals surface area contributed by atoms with E-state index in [0.717, 1.165) is 34.7 Å². The molecule has 0 aliphatic heterocycles. The van der Waals surface area contributed by atoms with Gasteiger partial charge in [-0.05, 0) is 35.1 Å². The molecule has 0 saturated heterocycles. The molecule has 5 heteroatoms. The van der Waals surface area contributed by atoms with Gasteiger partial charge in [0.25, 0.3) is 0 Å². The largest absolute Gasteiger partial charge is 0.461 e. The maximum Gasteiger partial charge on any atom is 0.354 e. The van der Waals surface area contributed by atoms with Crippen LogP contribution in [0.4, 0.5) is 0 Å². The number of nitrogens with zero attached hydrogens (tertiary/aromatic N) is 1. The van der Waals surface area contributed by atoms with Crippen molar-refractivity contribution in [1.29, 1.82) is 5.26 Å². The number of esters is 1. The topological polar surface area (TPSA) is 65.9 Å². The Bertz CT molecular complexity index is 1000. The van der Waals surface area contributed by atoms with E-state index in [4.69, 9.17) is 22.2 Å². The highest BCUT2D eigenvalue weighted by Crippen LogP contribution is 2.25. The second-order valence-electron chi connectivity index (χ2n) is 5.89. The van der Waals surface area contributed by atoms with Gasteiger partial charge >= 0.3 is 5.97 Å². The van der Waals surface area contributed by atoms with Crippen molar-refractivity contribution in [3.8, 4) is 17.2 Å². The number of aromatic amines is 1. The molecule has 1 N–H and O–H groups in total. The van der Waals surface area contributed by atoms with Gasteiger partial charge in [0.1, 0.15) is 10.3 Å². The molecule has 0 amide bonds. The minimum atomic E-state index is -0.358. The monoisotopic (exact) mass is 378 g/mol. The number of nitriles is 1. The van der Waals surface area contributed by atoms with Crippen LogP contribution < -0.4 is 0 Å². The van der Waals surface area contributed by atoms with E-state index in [2.05, 4.69) is 30.1 Å². The summed E-state index contributed by atoms with van der Waals surface area (Å²) >= 11 is 5.44. The Labute approximate surface area is 164 Å². The zero-order chi connectivity index (χ0) is 19.6. The van der Waals surface area contributed by atoms with Gasteiger partial charge in [-0.1, -0.05) is 68.0 Å². The third kappa shape index (κ3) is 5.50. The number of ether oxygens (including phenoxy) is 1. The summed E-state index contributed by atoms with van der Waals surface area (Å²) in [4.78, 5) is 15.1. The van der Waals surface area contributed by atoms with Gasteiger partial charge in [-0.3, -0.25) is 0 Å². The van der Waals surface area contributed by atoms with Crippen LogP contribution in [0, 0.1) is 16.0 Å². The lowest BCUT2D eigenvalue weighted by Gasteiger charge is -2.08. The number of fused-ring (bicyclic) bond motifs is 1. The van der Waals surface area contributed by atoms with E-state index in [0.29, 0.717) is 16.9 Å². The zero-order valence-electron chi connectivity index (χ0n) is 15.5. The van der Waals surface area contributed by atoms with Crippen molar-refractivity contribution in [3.05, 3.63) is 64.9 Å². The molecule has 0 radical (unpaired) electrons. The number of benzene rings is 2. The lowest BCUT2D eigenvalue weighted by Crippen LogP contribution is -2.08. The highest BCUT2D eigenvalue weighted by atomic mass is 32.1. The number of carbonyl (C=O) groups excluding carboxylic acids is 1. The van der Waals surface area contributed by atoms with Gasteiger partial charge < -0.3 is 9.72 Å². The number of nitrogens with one attached hydrogen (secondary N) is 1. The van der Waals surface area contributed by atoms with Crippen LogP contribution in [0.1, 0.15) is 37.2 Å². The van der Waals surface area contributed by atoms with Crippen LogP contribution in [-0.4, -0.2) is 17.6 Å². The molecule has 1 aromatic heterocycles. The third-order valence-corrected chi connectivity index (χ3v) is 4.23. The zero-order valence-corrected chi connectivity index (χ0v) is 16.3. The number of unbranched alkanes of at least 4 members (excludes halogenated alkanes) is 1. The molecular weight excluding hydrogens is 356 g/mol. The number of pyridine rings is 1. The molecule has 27 heavy (non-hydrogen) atoms. The third-order valence-electron chi connectivity index (χ3n) is 3.90. The fourth-order valence-electron chi connectivity index (χ4n) is 2.57. The predicted molar refractivity (Wildman–Crippen MR) is 111 cm³/mol. The minimum Gasteiger partial charge on any atom is -0.461 e. The Hall–Kier alpha value is -2.97. The fourth-order valence-corrected chi connectivity index (χ4v) is 2.85. The van der Waals surface area contributed by atoms with Crippen LogP contribution in [0.3, 0.4) is 0 Å². The summed E-state index contributed by atoms with van der Waals surface area (Å²) in [6.45, 7) is 3.92. The van der Waals surface area contributed by atoms with Gasteiger partial charge in [0.2, 0.25) is 0 Å². The van der Waals surface area contributed by atoms with Gasteiger partial charge in [-0.25, -0.2) is 4.79 Å². The first-order valence-electron chi connectivity index (χ1n) is 8.81. The molecule has 2 aromatic carbocycles. The van der Waals surface area contributed by atoms with Crippen molar-refractivity contribution in [2.75, 3.05) is 6.61 Å². The van der Waals surface area contributed by atoms with E-state index < -0.39 is 0 Å². The van der Waals surface area contributed by atoms with Gasteiger partial charge in [-0.15, -0.1) is 0 Å². The van der Waals surface area contributed by atoms with Gasteiger partial charge in [-0.2, -0.15) is 5.26 Å². The van der Waals surface area contributed by atoms with Gasteiger partial charge in [0, 0.05) is 12.3 Å². The Morgan fingerprint density at radius 3 is 2.52 bits per heavy atom. The molecule has 1 heterocycles. The SMILES string of the molecule is CC#N.CCCCOC(=O)c1cc2ccc(-c3ccccc3)cc2c(=S)[nH]1. The number of H-pyrrole nitrogens is 1. The molecule has 0 bridgehead atoms. The van der Waals surface area contributed by atoms with Crippen molar-refractivity contribution < 1.29 is 9.53 Å². The molecule has 0 spiro atoms. The summed E-state index contributed by atoms with van der Waals surface area (Å²) in [6, 6.07) is 19.8. The molecule has 0 atom stereocenters. The lowest BCUT2D eigenvalue weighted by molar-refractivity contribution is 0.0493. The van der Waals surface area contributed by atoms with Gasteiger partial charge in [0.15, 0.2) is 0 Å². The summed E-state index contributed by atoms with van der Waals surface area (Å²) in [6.07, 6.45) is 1.85. The highest BCUT2D eigenvalue weighted by Gasteiger charge is 2.10. The van der Waals surface area contributed by atoms with E-state index in [1.54, 1.807) is 12.1 Å². The average molecular weight is 378 g/mol. The Balaban J connectivity index is 0.000000817. The average Bonchev–Trinajstić information content (AvgIpc) is 2.69. The minimum absolute atomic E-state index is 0.358. The fraction of sp³-hybridized carbons (Fsp3) is 0.227. The quantitative estimate of drug-likeness (QED) is 0.333. The van der Waals surface area contributed by atoms with Crippen LogP contribution in [0.15, 0.2) is 54.6 Å². The van der Waals surface area contributed by atoms with E-state index in [1.165, 1.54) is 6.92 Å².